The number of allylic oxidation sites excluding steroid dienone is 2. The molecule has 13 heteroatoms. The van der Waals surface area contributed by atoms with Gasteiger partial charge < -0.3 is 19.7 Å². The number of ether oxygens (including phenoxy) is 1. The first kappa shape index (κ1) is 29.8. The first-order valence-corrected chi connectivity index (χ1v) is 14.1. The Morgan fingerprint density at radius 3 is 2.70 bits per heavy atom. The van der Waals surface area contributed by atoms with E-state index in [1.54, 1.807) is 12.4 Å². The van der Waals surface area contributed by atoms with Crippen LogP contribution in [0.4, 0.5) is 24.9 Å². The van der Waals surface area contributed by atoms with Gasteiger partial charge in [0.25, 0.3) is 0 Å². The van der Waals surface area contributed by atoms with Crippen molar-refractivity contribution >= 4 is 41.0 Å². The van der Waals surface area contributed by atoms with E-state index in [1.807, 2.05) is 18.4 Å². The van der Waals surface area contributed by atoms with E-state index in [0.717, 1.165) is 60.3 Å². The van der Waals surface area contributed by atoms with Gasteiger partial charge in [-0.3, -0.25) is 4.90 Å². The molecular weight excluding hydrogens is 563 g/mol. The number of halogens is 4. The first-order valence-electron chi connectivity index (χ1n) is 12.5. The van der Waals surface area contributed by atoms with Gasteiger partial charge in [-0.2, -0.15) is 0 Å². The number of aromatic nitrogens is 3. The predicted octanol–water partition coefficient (Wildman–Crippen LogP) is 6.50. The van der Waals surface area contributed by atoms with Crippen LogP contribution in [0, 0.1) is 0 Å². The number of anilines is 2. The van der Waals surface area contributed by atoms with Crippen LogP contribution in [0.3, 0.4) is 0 Å². The lowest BCUT2D eigenvalue weighted by molar-refractivity contribution is -0.303. The number of hydrogen-bond acceptors (Lipinski definition) is 9. The molecule has 0 bridgehead atoms. The third kappa shape index (κ3) is 7.49. The van der Waals surface area contributed by atoms with Crippen molar-refractivity contribution in [3.63, 3.8) is 0 Å². The molecule has 2 aromatic rings. The Hall–Kier alpha value is -3.22. The minimum atomic E-state index is -4.91. The molecule has 40 heavy (non-hydrogen) atoms. The van der Waals surface area contributed by atoms with Crippen LogP contribution in [-0.2, 0) is 17.8 Å². The molecule has 0 unspecified atom stereocenters. The molecule has 0 amide bonds. The highest BCUT2D eigenvalue weighted by Crippen LogP contribution is 2.33. The van der Waals surface area contributed by atoms with Crippen molar-refractivity contribution in [3.8, 4) is 0 Å². The number of fused-ring (bicyclic) bond motifs is 1. The predicted molar refractivity (Wildman–Crippen MR) is 154 cm³/mol. The standard InChI is InChI=1S/C27H31ClF3N7OS/c1-16(10-24(18(3)28)39-27(29,30)31)34-26-33-13-21-14-37(15-23(21)35-26)22-7-9-38(17(2)11-22)19(4)20-6-8-32-25(12-20)36-40-5/h6,8,10,12-13,17,22H,1,3-4,7,9,11,14-15H2,2,5H3,(H,32,36)(H,33,34,35)/b24-10+/t17-,22-/m1/s1. The average Bonchev–Trinajstić information content (AvgIpc) is 3.31. The van der Waals surface area contributed by atoms with E-state index < -0.39 is 17.2 Å². The van der Waals surface area contributed by atoms with Gasteiger partial charge in [0.05, 0.1) is 10.7 Å². The van der Waals surface area contributed by atoms with E-state index >= 15 is 0 Å². The Kier molecular flexibility index (Phi) is 9.32. The molecule has 214 valence electrons. The smallest absolute Gasteiger partial charge is 0.404 e. The summed E-state index contributed by atoms with van der Waals surface area (Å²) in [4.78, 5) is 18.0. The van der Waals surface area contributed by atoms with Crippen molar-refractivity contribution < 1.29 is 17.9 Å². The van der Waals surface area contributed by atoms with Crippen LogP contribution in [0.5, 0.6) is 0 Å². The largest absolute Gasteiger partial charge is 0.573 e. The van der Waals surface area contributed by atoms with E-state index in [4.69, 9.17) is 11.6 Å². The fraction of sp³-hybridized carbons (Fsp3) is 0.370. The molecular formula is C27H31ClF3N7OS. The molecule has 0 aliphatic carbocycles. The number of pyridine rings is 1. The SMILES string of the molecule is C=C(/C=C(/OC(F)(F)F)C(=C)Cl)Nc1ncc2c(n1)CN([C@@H]1CCN(C(=C)c3ccnc(NSC)c3)[C@H](C)C1)C2. The second-order valence-electron chi connectivity index (χ2n) is 9.59. The second-order valence-corrected chi connectivity index (χ2v) is 10.7. The summed E-state index contributed by atoms with van der Waals surface area (Å²) in [6.07, 6.45) is 3.52. The molecule has 2 aliphatic heterocycles. The van der Waals surface area contributed by atoms with Gasteiger partial charge in [-0.05, 0) is 31.9 Å². The number of alkyl halides is 3. The number of piperidine rings is 1. The summed E-state index contributed by atoms with van der Waals surface area (Å²) >= 11 is 7.14. The molecule has 1 fully saturated rings. The van der Waals surface area contributed by atoms with Crippen LogP contribution >= 0.6 is 23.5 Å². The Bertz CT molecular complexity index is 1320. The van der Waals surface area contributed by atoms with Crippen LogP contribution in [-0.4, -0.2) is 56.0 Å². The molecule has 0 spiro atoms. The molecule has 1 saturated heterocycles. The average molecular weight is 594 g/mol. The summed E-state index contributed by atoms with van der Waals surface area (Å²) in [5.41, 5.74) is 3.99. The van der Waals surface area contributed by atoms with E-state index in [2.05, 4.69) is 66.2 Å². The van der Waals surface area contributed by atoms with Crippen LogP contribution in [0.15, 0.2) is 66.8 Å². The maximum atomic E-state index is 12.6. The van der Waals surface area contributed by atoms with Gasteiger partial charge in [0, 0.05) is 79.0 Å². The van der Waals surface area contributed by atoms with Crippen molar-refractivity contribution in [2.24, 2.45) is 0 Å². The molecule has 2 aliphatic rings. The van der Waals surface area contributed by atoms with E-state index in [1.165, 1.54) is 11.9 Å². The van der Waals surface area contributed by atoms with Gasteiger partial charge in [-0.15, -0.1) is 13.2 Å². The Balaban J connectivity index is 1.36. The topological polar surface area (TPSA) is 78.4 Å². The number of likely N-dealkylation sites (tertiary alicyclic amines) is 1. The number of nitrogens with zero attached hydrogens (tertiary/aromatic N) is 5. The fourth-order valence-corrected chi connectivity index (χ4v) is 5.35. The summed E-state index contributed by atoms with van der Waals surface area (Å²) in [7, 11) is 0. The van der Waals surface area contributed by atoms with Gasteiger partial charge in [0.15, 0.2) is 0 Å². The monoisotopic (exact) mass is 593 g/mol. The second kappa shape index (κ2) is 12.5. The van der Waals surface area contributed by atoms with Gasteiger partial charge >= 0.3 is 6.36 Å². The summed E-state index contributed by atoms with van der Waals surface area (Å²) < 4.78 is 45.0. The van der Waals surface area contributed by atoms with Crippen molar-refractivity contribution in [2.45, 2.75) is 51.3 Å². The zero-order valence-electron chi connectivity index (χ0n) is 22.3. The fourth-order valence-electron chi connectivity index (χ4n) is 4.94. The van der Waals surface area contributed by atoms with Crippen molar-refractivity contribution in [2.75, 3.05) is 22.8 Å². The summed E-state index contributed by atoms with van der Waals surface area (Å²) in [5.74, 6) is 0.362. The van der Waals surface area contributed by atoms with Gasteiger partial charge in [0.2, 0.25) is 5.95 Å². The summed E-state index contributed by atoms with van der Waals surface area (Å²) in [6, 6.07) is 4.66. The van der Waals surface area contributed by atoms with Crippen molar-refractivity contribution in [1.82, 2.24) is 24.8 Å². The number of nitrogens with one attached hydrogen (secondary N) is 2. The molecule has 2 aromatic heterocycles. The zero-order chi connectivity index (χ0) is 29.0. The van der Waals surface area contributed by atoms with E-state index in [9.17, 15) is 13.2 Å². The van der Waals surface area contributed by atoms with Crippen molar-refractivity contribution in [3.05, 3.63) is 83.6 Å². The van der Waals surface area contributed by atoms with Crippen LogP contribution < -0.4 is 10.0 Å². The maximum Gasteiger partial charge on any atom is 0.573 e. The summed E-state index contributed by atoms with van der Waals surface area (Å²) in [6.45, 7) is 15.9. The molecule has 0 radical (unpaired) electrons. The zero-order valence-corrected chi connectivity index (χ0v) is 23.8. The third-order valence-electron chi connectivity index (χ3n) is 6.76. The van der Waals surface area contributed by atoms with E-state index in [0.29, 0.717) is 18.6 Å². The summed E-state index contributed by atoms with van der Waals surface area (Å²) in [5, 5.41) is 2.40. The lowest BCUT2D eigenvalue weighted by atomic mass is 9.95. The molecule has 0 aromatic carbocycles. The maximum absolute atomic E-state index is 12.6. The quantitative estimate of drug-likeness (QED) is 0.182. The number of hydrogen-bond donors (Lipinski definition) is 2. The van der Waals surface area contributed by atoms with Crippen LogP contribution in [0.2, 0.25) is 0 Å². The molecule has 4 heterocycles. The number of rotatable bonds is 10. The molecule has 4 rings (SSSR count). The first-order chi connectivity index (χ1) is 18.9. The normalized spacial score (nSPS) is 19.6. The lowest BCUT2D eigenvalue weighted by Gasteiger charge is -2.43. The molecule has 2 atom stereocenters. The van der Waals surface area contributed by atoms with Crippen LogP contribution in [0.25, 0.3) is 5.70 Å². The highest BCUT2D eigenvalue weighted by atomic mass is 35.5. The molecule has 0 saturated carbocycles. The van der Waals surface area contributed by atoms with Crippen molar-refractivity contribution in [1.29, 1.82) is 0 Å². The van der Waals surface area contributed by atoms with Gasteiger partial charge in [0.1, 0.15) is 11.6 Å². The van der Waals surface area contributed by atoms with Gasteiger partial charge in [-0.1, -0.05) is 43.3 Å². The van der Waals surface area contributed by atoms with Crippen LogP contribution in [0.1, 0.15) is 36.6 Å². The molecule has 8 nitrogen and oxygen atoms in total. The van der Waals surface area contributed by atoms with E-state index in [-0.39, 0.29) is 11.6 Å². The minimum absolute atomic E-state index is 0.0721. The highest BCUT2D eigenvalue weighted by molar-refractivity contribution is 7.99. The lowest BCUT2D eigenvalue weighted by Crippen LogP contribution is -2.46. The Morgan fingerprint density at radius 2 is 2.02 bits per heavy atom. The Labute approximate surface area is 241 Å². The Morgan fingerprint density at radius 1 is 1.25 bits per heavy atom. The molecule has 2 N–H and O–H groups in total. The minimum Gasteiger partial charge on any atom is -0.404 e. The third-order valence-corrected chi connectivity index (χ3v) is 7.36. The highest BCUT2D eigenvalue weighted by Gasteiger charge is 2.34. The van der Waals surface area contributed by atoms with Gasteiger partial charge in [-0.25, -0.2) is 15.0 Å².